The number of primary amides is 1. The zero-order chi connectivity index (χ0) is 23.5. The van der Waals surface area contributed by atoms with Crippen molar-refractivity contribution in [3.05, 3.63) is 70.8 Å². The van der Waals surface area contributed by atoms with E-state index in [4.69, 9.17) is 5.73 Å². The van der Waals surface area contributed by atoms with E-state index in [2.05, 4.69) is 4.90 Å². The zero-order valence-corrected chi connectivity index (χ0v) is 18.4. The van der Waals surface area contributed by atoms with Gasteiger partial charge in [-0.05, 0) is 61.4 Å². The van der Waals surface area contributed by atoms with Crippen molar-refractivity contribution in [2.24, 2.45) is 5.73 Å². The first kappa shape index (κ1) is 23.3. The number of amides is 2. The Kier molecular flexibility index (Phi) is 7.05. The minimum Gasteiger partial charge on any atom is -0.387 e. The molecule has 2 aromatic rings. The maximum absolute atomic E-state index is 14.1. The van der Waals surface area contributed by atoms with Crippen molar-refractivity contribution in [2.75, 3.05) is 19.7 Å². The summed E-state index contributed by atoms with van der Waals surface area (Å²) in [6.07, 6.45) is 3.97. The molecule has 3 atom stereocenters. The molecule has 2 saturated heterocycles. The quantitative estimate of drug-likeness (QED) is 0.638. The first-order valence-corrected chi connectivity index (χ1v) is 11.3. The maximum Gasteiger partial charge on any atom is 0.248 e. The number of carbonyl (C=O) groups excluding carboxylic acids is 2. The van der Waals surface area contributed by atoms with Crippen molar-refractivity contribution < 1.29 is 23.5 Å². The molecule has 2 heterocycles. The Bertz CT molecular complexity index is 997. The van der Waals surface area contributed by atoms with Gasteiger partial charge >= 0.3 is 0 Å². The number of carbonyl (C=O) groups is 2. The fourth-order valence-corrected chi connectivity index (χ4v) is 5.36. The average molecular weight is 458 g/mol. The number of piperidine rings is 1. The molecule has 0 spiro atoms. The van der Waals surface area contributed by atoms with E-state index in [1.54, 1.807) is 6.07 Å². The molecule has 2 aromatic carbocycles. The number of nitrogens with two attached hydrogens (primary N) is 1. The van der Waals surface area contributed by atoms with E-state index >= 15 is 0 Å². The van der Waals surface area contributed by atoms with Gasteiger partial charge in [0.15, 0.2) is 0 Å². The molecule has 6 nitrogen and oxygen atoms in total. The molecular weight excluding hydrogens is 428 g/mol. The van der Waals surface area contributed by atoms with Crippen molar-refractivity contribution >= 4 is 11.8 Å². The monoisotopic (exact) mass is 457 g/mol. The molecule has 2 aliphatic heterocycles. The molecule has 33 heavy (non-hydrogen) atoms. The summed E-state index contributed by atoms with van der Waals surface area (Å²) >= 11 is 0. The van der Waals surface area contributed by atoms with Gasteiger partial charge in [-0.1, -0.05) is 18.2 Å². The Balaban J connectivity index is 1.42. The van der Waals surface area contributed by atoms with E-state index in [1.807, 2.05) is 18.2 Å². The Morgan fingerprint density at radius 1 is 1.06 bits per heavy atom. The van der Waals surface area contributed by atoms with Gasteiger partial charge in [-0.3, -0.25) is 14.5 Å². The number of hydrogen-bond donors (Lipinski definition) is 2. The number of halogens is 2. The maximum atomic E-state index is 14.1. The number of benzene rings is 2. The van der Waals surface area contributed by atoms with Gasteiger partial charge in [0.2, 0.25) is 11.8 Å². The first-order valence-electron chi connectivity index (χ1n) is 11.3. The molecule has 0 aliphatic carbocycles. The molecule has 0 radical (unpaired) electrons. The SMILES string of the molecule is NC(=O)c1cccc([C@H]2C[C@H]3CC[C@@H](C2)N3CCN(Cc2c(F)cccc2F)C(=O)CO)c1. The summed E-state index contributed by atoms with van der Waals surface area (Å²) in [5.74, 6) is -2.06. The van der Waals surface area contributed by atoms with E-state index in [9.17, 15) is 23.5 Å². The summed E-state index contributed by atoms with van der Waals surface area (Å²) in [6.45, 7) is -0.0714. The largest absolute Gasteiger partial charge is 0.387 e. The second-order valence-corrected chi connectivity index (χ2v) is 8.95. The topological polar surface area (TPSA) is 86.9 Å². The molecule has 176 valence electrons. The molecule has 2 amide bonds. The number of nitrogens with zero attached hydrogens (tertiary/aromatic N) is 2. The molecular formula is C25H29F2N3O3. The van der Waals surface area contributed by atoms with Crippen LogP contribution in [-0.2, 0) is 11.3 Å². The third kappa shape index (κ3) is 5.07. The van der Waals surface area contributed by atoms with Gasteiger partial charge in [0.1, 0.15) is 18.2 Å². The average Bonchev–Trinajstić information content (AvgIpc) is 3.04. The van der Waals surface area contributed by atoms with E-state index in [1.165, 1.54) is 11.0 Å². The lowest BCUT2D eigenvalue weighted by molar-refractivity contribution is -0.135. The predicted octanol–water partition coefficient (Wildman–Crippen LogP) is 2.80. The van der Waals surface area contributed by atoms with Crippen LogP contribution in [0.5, 0.6) is 0 Å². The minimum atomic E-state index is -0.707. The summed E-state index contributed by atoms with van der Waals surface area (Å²) < 4.78 is 28.2. The van der Waals surface area contributed by atoms with Gasteiger partial charge in [0, 0.05) is 36.3 Å². The highest BCUT2D eigenvalue weighted by atomic mass is 19.1. The second kappa shape index (κ2) is 9.97. The van der Waals surface area contributed by atoms with Crippen molar-refractivity contribution in [1.29, 1.82) is 0 Å². The van der Waals surface area contributed by atoms with Gasteiger partial charge in [0.05, 0.1) is 6.54 Å². The number of rotatable bonds is 8. The summed E-state index contributed by atoms with van der Waals surface area (Å²) in [5.41, 5.74) is 6.90. The molecule has 2 fully saturated rings. The lowest BCUT2D eigenvalue weighted by Crippen LogP contribution is -2.47. The van der Waals surface area contributed by atoms with E-state index in [-0.39, 0.29) is 18.7 Å². The van der Waals surface area contributed by atoms with Crippen LogP contribution in [0.2, 0.25) is 0 Å². The molecule has 0 unspecified atom stereocenters. The Morgan fingerprint density at radius 2 is 1.70 bits per heavy atom. The van der Waals surface area contributed by atoms with Crippen molar-refractivity contribution in [3.63, 3.8) is 0 Å². The predicted molar refractivity (Wildman–Crippen MR) is 119 cm³/mol. The van der Waals surface area contributed by atoms with Gasteiger partial charge in [-0.2, -0.15) is 0 Å². The van der Waals surface area contributed by atoms with Crippen molar-refractivity contribution in [1.82, 2.24) is 9.80 Å². The summed E-state index contributed by atoms with van der Waals surface area (Å²) in [6, 6.07) is 11.8. The Morgan fingerprint density at radius 3 is 2.30 bits per heavy atom. The van der Waals surface area contributed by atoms with Gasteiger partial charge in [-0.25, -0.2) is 8.78 Å². The van der Waals surface area contributed by atoms with E-state index in [0.29, 0.717) is 30.1 Å². The Labute approximate surface area is 192 Å². The molecule has 2 bridgehead atoms. The third-order valence-electron chi connectivity index (χ3n) is 7.05. The summed E-state index contributed by atoms with van der Waals surface area (Å²) in [4.78, 5) is 27.5. The number of aliphatic hydroxyl groups is 1. The minimum absolute atomic E-state index is 0.171. The normalized spacial score (nSPS) is 22.3. The zero-order valence-electron chi connectivity index (χ0n) is 18.4. The van der Waals surface area contributed by atoms with Crippen LogP contribution in [0.1, 0.15) is 53.1 Å². The van der Waals surface area contributed by atoms with Crippen LogP contribution in [0, 0.1) is 11.6 Å². The molecule has 0 saturated carbocycles. The molecule has 3 N–H and O–H groups in total. The van der Waals surface area contributed by atoms with Crippen LogP contribution in [-0.4, -0.2) is 58.5 Å². The van der Waals surface area contributed by atoms with Gasteiger partial charge in [-0.15, -0.1) is 0 Å². The third-order valence-corrected chi connectivity index (χ3v) is 7.05. The molecule has 0 aromatic heterocycles. The highest BCUT2D eigenvalue weighted by Crippen LogP contribution is 2.43. The number of hydrogen-bond acceptors (Lipinski definition) is 4. The highest BCUT2D eigenvalue weighted by molar-refractivity contribution is 5.92. The highest BCUT2D eigenvalue weighted by Gasteiger charge is 2.41. The standard InChI is InChI=1S/C25H29F2N3O3/c26-22-5-2-6-23(27)21(22)14-29(24(32)15-31)9-10-30-19-7-8-20(30)13-18(12-19)16-3-1-4-17(11-16)25(28)33/h1-6,11,18-20,31H,7-10,12-15H2,(H2,28,33)/t18-,19+,20-. The van der Waals surface area contributed by atoms with E-state index < -0.39 is 30.1 Å². The van der Waals surface area contributed by atoms with Crippen LogP contribution >= 0.6 is 0 Å². The lowest BCUT2D eigenvalue weighted by atomic mass is 9.84. The summed E-state index contributed by atoms with van der Waals surface area (Å²) in [7, 11) is 0. The van der Waals surface area contributed by atoms with E-state index in [0.717, 1.165) is 43.4 Å². The fraction of sp³-hybridized carbons (Fsp3) is 0.440. The number of aliphatic hydroxyl groups excluding tert-OH is 1. The first-order chi connectivity index (χ1) is 15.9. The van der Waals surface area contributed by atoms with Crippen LogP contribution in [0.15, 0.2) is 42.5 Å². The fourth-order valence-electron chi connectivity index (χ4n) is 5.36. The van der Waals surface area contributed by atoms with Crippen molar-refractivity contribution in [2.45, 2.75) is 50.2 Å². The summed E-state index contributed by atoms with van der Waals surface area (Å²) in [5, 5.41) is 9.37. The smallest absolute Gasteiger partial charge is 0.248 e. The van der Waals surface area contributed by atoms with Crippen LogP contribution in [0.3, 0.4) is 0 Å². The second-order valence-electron chi connectivity index (χ2n) is 8.95. The molecule has 4 rings (SSSR count). The lowest BCUT2D eigenvalue weighted by Gasteiger charge is -2.40. The number of fused-ring (bicyclic) bond motifs is 2. The molecule has 8 heteroatoms. The van der Waals surface area contributed by atoms with Gasteiger partial charge in [0.25, 0.3) is 0 Å². The van der Waals surface area contributed by atoms with Crippen molar-refractivity contribution in [3.8, 4) is 0 Å². The Hall–Kier alpha value is -2.84. The van der Waals surface area contributed by atoms with Crippen LogP contribution in [0.4, 0.5) is 8.78 Å². The van der Waals surface area contributed by atoms with Gasteiger partial charge < -0.3 is 15.7 Å². The molecule has 2 aliphatic rings. The van der Waals surface area contributed by atoms with Crippen LogP contribution < -0.4 is 5.73 Å². The van der Waals surface area contributed by atoms with Crippen LogP contribution in [0.25, 0.3) is 0 Å².